The van der Waals surface area contributed by atoms with Crippen LogP contribution >= 0.6 is 0 Å². The summed E-state index contributed by atoms with van der Waals surface area (Å²) in [7, 11) is -1.10. The molecule has 1 atom stereocenters. The number of amides is 1. The van der Waals surface area contributed by atoms with E-state index in [0.717, 1.165) is 10.4 Å². The minimum atomic E-state index is -3.99. The van der Waals surface area contributed by atoms with Gasteiger partial charge in [0.2, 0.25) is 5.91 Å². The molecule has 0 spiro atoms. The molecule has 1 unspecified atom stereocenters. The molecule has 1 aliphatic heterocycles. The predicted molar refractivity (Wildman–Crippen MR) is 66.5 cm³/mol. The Balaban J connectivity index is 2.29. The zero-order valence-corrected chi connectivity index (χ0v) is 11.7. The number of carboxylic acids is 1. The van der Waals surface area contributed by atoms with Gasteiger partial charge in [0, 0.05) is 26.7 Å². The summed E-state index contributed by atoms with van der Waals surface area (Å²) in [5.41, 5.74) is -0.396. The number of hydrogen-bond donors (Lipinski definition) is 2. The molecule has 0 aliphatic carbocycles. The molecule has 0 bridgehead atoms. The number of aromatic amines is 1. The number of rotatable bonds is 4. The smallest absolute Gasteiger partial charge is 0.356 e. The normalized spacial score (nSPS) is 19.9. The molecule has 1 fully saturated rings. The van der Waals surface area contributed by atoms with Crippen molar-refractivity contribution >= 4 is 21.9 Å². The SMILES string of the molecule is CN1CCC(N(C)S(=O)(=O)c2cc(C(=O)O)n[nH]2)C1=O. The van der Waals surface area contributed by atoms with Gasteiger partial charge in [-0.1, -0.05) is 0 Å². The largest absolute Gasteiger partial charge is 0.476 e. The summed E-state index contributed by atoms with van der Waals surface area (Å²) in [5.74, 6) is -1.61. The third kappa shape index (κ3) is 2.27. The van der Waals surface area contributed by atoms with Crippen LogP contribution in [0.2, 0.25) is 0 Å². The number of aromatic nitrogens is 2. The van der Waals surface area contributed by atoms with Crippen LogP contribution in [-0.4, -0.2) is 71.5 Å². The highest BCUT2D eigenvalue weighted by Gasteiger charge is 2.39. The van der Waals surface area contributed by atoms with Crippen LogP contribution in [-0.2, 0) is 14.8 Å². The molecule has 0 saturated carbocycles. The summed E-state index contributed by atoms with van der Waals surface area (Å²) in [6, 6.07) is 0.152. The lowest BCUT2D eigenvalue weighted by atomic mass is 10.3. The van der Waals surface area contributed by atoms with Crippen molar-refractivity contribution in [2.24, 2.45) is 0 Å². The second-order valence-electron chi connectivity index (χ2n) is 4.51. The summed E-state index contributed by atoms with van der Waals surface area (Å²) in [4.78, 5) is 24.0. The maximum atomic E-state index is 12.3. The Morgan fingerprint density at radius 2 is 2.25 bits per heavy atom. The van der Waals surface area contributed by atoms with Crippen LogP contribution in [0.4, 0.5) is 0 Å². The number of nitrogens with one attached hydrogen (secondary N) is 1. The van der Waals surface area contributed by atoms with Gasteiger partial charge in [-0.05, 0) is 6.42 Å². The van der Waals surface area contributed by atoms with Crippen molar-refractivity contribution in [3.05, 3.63) is 11.8 Å². The van der Waals surface area contributed by atoms with E-state index in [-0.39, 0.29) is 10.9 Å². The maximum absolute atomic E-state index is 12.3. The van der Waals surface area contributed by atoms with Crippen LogP contribution < -0.4 is 0 Å². The van der Waals surface area contributed by atoms with Crippen LogP contribution in [0.3, 0.4) is 0 Å². The molecular formula is C10H14N4O5S. The highest BCUT2D eigenvalue weighted by atomic mass is 32.2. The van der Waals surface area contributed by atoms with Gasteiger partial charge in [0.15, 0.2) is 10.7 Å². The highest BCUT2D eigenvalue weighted by molar-refractivity contribution is 7.89. The van der Waals surface area contributed by atoms with Gasteiger partial charge in [0.05, 0.1) is 0 Å². The molecule has 110 valence electrons. The average molecular weight is 302 g/mol. The van der Waals surface area contributed by atoms with E-state index in [1.165, 1.54) is 11.9 Å². The molecule has 1 aromatic rings. The molecule has 10 heteroatoms. The molecule has 0 radical (unpaired) electrons. The van der Waals surface area contributed by atoms with E-state index in [0.29, 0.717) is 13.0 Å². The number of carbonyl (C=O) groups is 2. The Morgan fingerprint density at radius 1 is 1.60 bits per heavy atom. The topological polar surface area (TPSA) is 124 Å². The Kier molecular flexibility index (Phi) is 3.52. The molecule has 2 rings (SSSR count). The molecule has 20 heavy (non-hydrogen) atoms. The van der Waals surface area contributed by atoms with E-state index in [2.05, 4.69) is 10.2 Å². The van der Waals surface area contributed by atoms with Crippen molar-refractivity contribution < 1.29 is 23.1 Å². The third-order valence-electron chi connectivity index (χ3n) is 3.27. The van der Waals surface area contributed by atoms with Crippen molar-refractivity contribution in [1.82, 2.24) is 19.4 Å². The van der Waals surface area contributed by atoms with Gasteiger partial charge in [0.1, 0.15) is 6.04 Å². The quantitative estimate of drug-likeness (QED) is 0.732. The lowest BCUT2D eigenvalue weighted by Gasteiger charge is -2.21. The first-order chi connectivity index (χ1) is 9.25. The average Bonchev–Trinajstić information content (AvgIpc) is 2.98. The van der Waals surface area contributed by atoms with Gasteiger partial charge in [0.25, 0.3) is 10.0 Å². The Hall–Kier alpha value is -1.94. The summed E-state index contributed by atoms with van der Waals surface area (Å²) in [6.45, 7) is 0.479. The van der Waals surface area contributed by atoms with E-state index in [9.17, 15) is 18.0 Å². The Labute approximate surface area is 115 Å². The number of likely N-dealkylation sites (N-methyl/N-ethyl adjacent to an activating group) is 2. The third-order valence-corrected chi connectivity index (χ3v) is 5.05. The van der Waals surface area contributed by atoms with Crippen LogP contribution in [0.1, 0.15) is 16.9 Å². The number of hydrogen-bond acceptors (Lipinski definition) is 5. The van der Waals surface area contributed by atoms with Gasteiger partial charge in [-0.15, -0.1) is 0 Å². The number of nitrogens with zero attached hydrogens (tertiary/aromatic N) is 3. The second kappa shape index (κ2) is 4.87. The van der Waals surface area contributed by atoms with Crippen molar-refractivity contribution in [3.63, 3.8) is 0 Å². The van der Waals surface area contributed by atoms with E-state index in [1.807, 2.05) is 0 Å². The standard InChI is InChI=1S/C10H14N4O5S/c1-13-4-3-7(9(13)15)14(2)20(18,19)8-5-6(10(16)17)11-12-8/h5,7H,3-4H2,1-2H3,(H,11,12)(H,16,17). The van der Waals surface area contributed by atoms with E-state index in [4.69, 9.17) is 5.11 Å². The molecule has 1 amide bonds. The lowest BCUT2D eigenvalue weighted by molar-refractivity contribution is -0.129. The van der Waals surface area contributed by atoms with E-state index in [1.54, 1.807) is 7.05 Å². The second-order valence-corrected chi connectivity index (χ2v) is 6.47. The zero-order valence-electron chi connectivity index (χ0n) is 10.9. The molecule has 2 heterocycles. The molecule has 1 saturated heterocycles. The van der Waals surface area contributed by atoms with E-state index >= 15 is 0 Å². The number of carbonyl (C=O) groups excluding carboxylic acids is 1. The first-order valence-corrected chi connectivity index (χ1v) is 7.21. The number of H-pyrrole nitrogens is 1. The van der Waals surface area contributed by atoms with Crippen molar-refractivity contribution in [2.45, 2.75) is 17.5 Å². The van der Waals surface area contributed by atoms with Gasteiger partial charge < -0.3 is 10.0 Å². The fraction of sp³-hybridized carbons (Fsp3) is 0.500. The first kappa shape index (κ1) is 14.5. The minimum absolute atomic E-state index is 0.283. The lowest BCUT2D eigenvalue weighted by Crippen LogP contribution is -2.42. The molecule has 0 aromatic carbocycles. The Bertz CT molecular complexity index is 652. The highest BCUT2D eigenvalue weighted by Crippen LogP contribution is 2.21. The van der Waals surface area contributed by atoms with Crippen LogP contribution in [0.15, 0.2) is 11.1 Å². The van der Waals surface area contributed by atoms with Crippen LogP contribution in [0.5, 0.6) is 0 Å². The molecule has 2 N–H and O–H groups in total. The molecular weight excluding hydrogens is 288 g/mol. The van der Waals surface area contributed by atoms with Crippen molar-refractivity contribution in [1.29, 1.82) is 0 Å². The summed E-state index contributed by atoms with van der Waals surface area (Å²) in [6.07, 6.45) is 0.394. The number of sulfonamides is 1. The van der Waals surface area contributed by atoms with Gasteiger partial charge in [-0.3, -0.25) is 9.89 Å². The molecule has 1 aromatic heterocycles. The summed E-state index contributed by atoms with van der Waals surface area (Å²) >= 11 is 0. The summed E-state index contributed by atoms with van der Waals surface area (Å²) < 4.78 is 25.5. The van der Waals surface area contributed by atoms with Crippen LogP contribution in [0, 0.1) is 0 Å². The van der Waals surface area contributed by atoms with Gasteiger partial charge in [-0.25, -0.2) is 13.2 Å². The predicted octanol–water partition coefficient (Wildman–Crippen LogP) is -1.04. The fourth-order valence-corrected chi connectivity index (χ4v) is 3.27. The van der Waals surface area contributed by atoms with Gasteiger partial charge >= 0.3 is 5.97 Å². The monoisotopic (exact) mass is 302 g/mol. The number of likely N-dealkylation sites (tertiary alicyclic amines) is 1. The fourth-order valence-electron chi connectivity index (χ4n) is 2.01. The maximum Gasteiger partial charge on any atom is 0.356 e. The van der Waals surface area contributed by atoms with Crippen molar-refractivity contribution in [2.75, 3.05) is 20.6 Å². The van der Waals surface area contributed by atoms with Crippen molar-refractivity contribution in [3.8, 4) is 0 Å². The van der Waals surface area contributed by atoms with Gasteiger partial charge in [-0.2, -0.15) is 9.40 Å². The zero-order chi connectivity index (χ0) is 15.1. The minimum Gasteiger partial charge on any atom is -0.476 e. The number of aromatic carboxylic acids is 1. The number of carboxylic acid groups (broad SMARTS) is 1. The Morgan fingerprint density at radius 3 is 2.70 bits per heavy atom. The first-order valence-electron chi connectivity index (χ1n) is 5.77. The van der Waals surface area contributed by atoms with Crippen LogP contribution in [0.25, 0.3) is 0 Å². The molecule has 1 aliphatic rings. The molecule has 9 nitrogen and oxygen atoms in total. The van der Waals surface area contributed by atoms with E-state index < -0.39 is 27.7 Å². The summed E-state index contributed by atoms with van der Waals surface area (Å²) in [5, 5.41) is 14.0.